The van der Waals surface area contributed by atoms with Crippen LogP contribution in [0.2, 0.25) is 0 Å². The highest BCUT2D eigenvalue weighted by molar-refractivity contribution is 5.81. The van der Waals surface area contributed by atoms with E-state index < -0.39 is 0 Å². The fourth-order valence-electron chi connectivity index (χ4n) is 3.12. The number of carbonyl (C=O) groups is 1. The predicted molar refractivity (Wildman–Crippen MR) is 102 cm³/mol. The molecule has 26 heavy (non-hydrogen) atoms. The highest BCUT2D eigenvalue weighted by Crippen LogP contribution is 2.28. The molecule has 3 rings (SSSR count). The molecular formula is C19H28FN5O. The number of benzene rings is 1. The number of halogens is 1. The minimum Gasteiger partial charge on any atom is -0.366 e. The van der Waals surface area contributed by atoms with Crippen LogP contribution in [0, 0.1) is 11.7 Å². The van der Waals surface area contributed by atoms with Crippen molar-refractivity contribution in [3.05, 3.63) is 30.1 Å². The van der Waals surface area contributed by atoms with E-state index >= 15 is 0 Å². The van der Waals surface area contributed by atoms with Gasteiger partial charge in [0.2, 0.25) is 5.91 Å². The Labute approximate surface area is 154 Å². The maximum Gasteiger partial charge on any atom is 0.223 e. The van der Waals surface area contributed by atoms with Crippen LogP contribution in [0.5, 0.6) is 0 Å². The van der Waals surface area contributed by atoms with E-state index in [1.807, 2.05) is 19.1 Å². The van der Waals surface area contributed by atoms with Crippen molar-refractivity contribution < 1.29 is 9.18 Å². The van der Waals surface area contributed by atoms with Gasteiger partial charge in [0, 0.05) is 45.2 Å². The Hall–Kier alpha value is -2.31. The van der Waals surface area contributed by atoms with Gasteiger partial charge in [0.25, 0.3) is 0 Å². The average molecular weight is 361 g/mol. The topological polar surface area (TPSA) is 60.0 Å². The predicted octanol–water partition coefficient (Wildman–Crippen LogP) is 1.44. The molecule has 1 aromatic rings. The summed E-state index contributed by atoms with van der Waals surface area (Å²) in [6.45, 7) is 7.05. The molecule has 1 heterocycles. The molecule has 1 saturated carbocycles. The zero-order valence-corrected chi connectivity index (χ0v) is 15.4. The number of para-hydroxylation sites is 1. The Bertz CT molecular complexity index is 639. The van der Waals surface area contributed by atoms with Gasteiger partial charge in [-0.2, -0.15) is 0 Å². The quantitative estimate of drug-likeness (QED) is 0.457. The zero-order chi connectivity index (χ0) is 18.4. The Balaban J connectivity index is 1.50. The molecule has 142 valence electrons. The molecule has 1 aliphatic carbocycles. The number of hydrogen-bond donors (Lipinski definition) is 2. The Kier molecular flexibility index (Phi) is 6.30. The molecule has 0 unspecified atom stereocenters. The lowest BCUT2D eigenvalue weighted by atomic mass is 10.2. The molecule has 2 N–H and O–H groups in total. The number of guanidine groups is 1. The third-order valence-electron chi connectivity index (χ3n) is 4.73. The molecule has 1 saturated heterocycles. The van der Waals surface area contributed by atoms with Crippen LogP contribution < -0.4 is 15.5 Å². The summed E-state index contributed by atoms with van der Waals surface area (Å²) in [6.07, 6.45) is 2.04. The first-order valence-corrected chi connectivity index (χ1v) is 9.49. The van der Waals surface area contributed by atoms with Crippen LogP contribution in [-0.2, 0) is 4.79 Å². The molecule has 0 bridgehead atoms. The third-order valence-corrected chi connectivity index (χ3v) is 4.73. The van der Waals surface area contributed by atoms with Crippen LogP contribution in [0.1, 0.15) is 19.8 Å². The van der Waals surface area contributed by atoms with E-state index in [1.54, 1.807) is 6.07 Å². The lowest BCUT2D eigenvalue weighted by Gasteiger charge is -2.37. The molecule has 0 spiro atoms. The molecule has 6 nitrogen and oxygen atoms in total. The van der Waals surface area contributed by atoms with Gasteiger partial charge in [0.05, 0.1) is 12.2 Å². The number of amides is 1. The van der Waals surface area contributed by atoms with E-state index in [-0.39, 0.29) is 17.6 Å². The standard InChI is InChI=1S/C19H28FN5O/c1-2-21-19(23-10-9-22-18(26)15-7-8-15)25-13-11-24(12-14-25)17-6-4-3-5-16(17)20/h3-6,15H,2,7-14H2,1H3,(H,21,23)(H,22,26). The van der Waals surface area contributed by atoms with E-state index in [0.29, 0.717) is 18.8 Å². The van der Waals surface area contributed by atoms with Crippen LogP contribution in [0.15, 0.2) is 29.3 Å². The first-order chi connectivity index (χ1) is 12.7. The Morgan fingerprint density at radius 2 is 1.92 bits per heavy atom. The van der Waals surface area contributed by atoms with E-state index in [0.717, 1.165) is 51.5 Å². The summed E-state index contributed by atoms with van der Waals surface area (Å²) in [5.41, 5.74) is 0.664. The number of hydrogen-bond acceptors (Lipinski definition) is 3. The van der Waals surface area contributed by atoms with Gasteiger partial charge in [-0.15, -0.1) is 0 Å². The molecule has 2 aliphatic rings. The van der Waals surface area contributed by atoms with Gasteiger partial charge in [-0.3, -0.25) is 9.79 Å². The van der Waals surface area contributed by atoms with Crippen LogP contribution in [0.25, 0.3) is 0 Å². The second kappa shape index (κ2) is 8.87. The van der Waals surface area contributed by atoms with Crippen molar-refractivity contribution in [2.45, 2.75) is 19.8 Å². The summed E-state index contributed by atoms with van der Waals surface area (Å²) >= 11 is 0. The van der Waals surface area contributed by atoms with Gasteiger partial charge in [-0.1, -0.05) is 12.1 Å². The van der Waals surface area contributed by atoms with E-state index in [4.69, 9.17) is 0 Å². The number of carbonyl (C=O) groups excluding carboxylic acids is 1. The van der Waals surface area contributed by atoms with Gasteiger partial charge in [-0.25, -0.2) is 4.39 Å². The van der Waals surface area contributed by atoms with Crippen molar-refractivity contribution in [3.63, 3.8) is 0 Å². The number of anilines is 1. The summed E-state index contributed by atoms with van der Waals surface area (Å²) in [4.78, 5) is 20.6. The van der Waals surface area contributed by atoms with Gasteiger partial charge >= 0.3 is 0 Å². The molecule has 0 aromatic heterocycles. The maximum absolute atomic E-state index is 14.0. The molecule has 0 atom stereocenters. The fraction of sp³-hybridized carbons (Fsp3) is 0.579. The average Bonchev–Trinajstić information content (AvgIpc) is 3.50. The fourth-order valence-corrected chi connectivity index (χ4v) is 3.12. The molecule has 7 heteroatoms. The maximum atomic E-state index is 14.0. The van der Waals surface area contributed by atoms with Gasteiger partial charge in [-0.05, 0) is 31.9 Å². The van der Waals surface area contributed by atoms with Crippen LogP contribution >= 0.6 is 0 Å². The number of piperazine rings is 1. The van der Waals surface area contributed by atoms with Gasteiger partial charge in [0.1, 0.15) is 5.82 Å². The van der Waals surface area contributed by atoms with Gasteiger partial charge in [0.15, 0.2) is 5.96 Å². The number of nitrogens with zero attached hydrogens (tertiary/aromatic N) is 3. The summed E-state index contributed by atoms with van der Waals surface area (Å²) < 4.78 is 14.0. The Morgan fingerprint density at radius 1 is 1.19 bits per heavy atom. The van der Waals surface area contributed by atoms with E-state index in [1.165, 1.54) is 6.07 Å². The zero-order valence-electron chi connectivity index (χ0n) is 15.4. The highest BCUT2D eigenvalue weighted by Gasteiger charge is 2.29. The lowest BCUT2D eigenvalue weighted by molar-refractivity contribution is -0.122. The molecular weight excluding hydrogens is 333 g/mol. The van der Waals surface area contributed by atoms with Crippen LogP contribution in [0.3, 0.4) is 0 Å². The SMILES string of the molecule is CCNC(=NCCNC(=O)C1CC1)N1CCN(c2ccccc2F)CC1. The number of nitrogens with one attached hydrogen (secondary N) is 2. The summed E-state index contributed by atoms with van der Waals surface area (Å²) in [7, 11) is 0. The smallest absolute Gasteiger partial charge is 0.223 e. The van der Waals surface area contributed by atoms with Crippen molar-refractivity contribution >= 4 is 17.6 Å². The Morgan fingerprint density at radius 3 is 2.58 bits per heavy atom. The summed E-state index contributed by atoms with van der Waals surface area (Å²) in [6, 6.07) is 6.91. The second-order valence-corrected chi connectivity index (χ2v) is 6.73. The first-order valence-electron chi connectivity index (χ1n) is 9.49. The van der Waals surface area contributed by atoms with Crippen molar-refractivity contribution in [2.24, 2.45) is 10.9 Å². The third kappa shape index (κ3) is 4.86. The number of rotatable bonds is 6. The van der Waals surface area contributed by atoms with Crippen molar-refractivity contribution in [1.29, 1.82) is 0 Å². The molecule has 0 radical (unpaired) electrons. The molecule has 1 aliphatic heterocycles. The van der Waals surface area contributed by atoms with Crippen molar-refractivity contribution in [2.75, 3.05) is 50.7 Å². The van der Waals surface area contributed by atoms with Crippen LogP contribution in [0.4, 0.5) is 10.1 Å². The van der Waals surface area contributed by atoms with Crippen LogP contribution in [-0.4, -0.2) is 62.6 Å². The minimum atomic E-state index is -0.173. The van der Waals surface area contributed by atoms with Gasteiger partial charge < -0.3 is 20.4 Å². The second-order valence-electron chi connectivity index (χ2n) is 6.73. The van der Waals surface area contributed by atoms with Crippen molar-refractivity contribution in [3.8, 4) is 0 Å². The summed E-state index contributed by atoms with van der Waals surface area (Å²) in [5.74, 6) is 1.08. The minimum absolute atomic E-state index is 0.156. The lowest BCUT2D eigenvalue weighted by Crippen LogP contribution is -2.52. The van der Waals surface area contributed by atoms with E-state index in [2.05, 4.69) is 25.4 Å². The number of aliphatic imine (C=N–C) groups is 1. The van der Waals surface area contributed by atoms with E-state index in [9.17, 15) is 9.18 Å². The summed E-state index contributed by atoms with van der Waals surface area (Å²) in [5, 5.41) is 6.25. The first kappa shape index (κ1) is 18.5. The molecule has 1 amide bonds. The molecule has 2 fully saturated rings. The normalized spacial score (nSPS) is 18.0. The highest BCUT2D eigenvalue weighted by atomic mass is 19.1. The largest absolute Gasteiger partial charge is 0.366 e. The molecule has 1 aromatic carbocycles. The van der Waals surface area contributed by atoms with Crippen molar-refractivity contribution in [1.82, 2.24) is 15.5 Å². The monoisotopic (exact) mass is 361 g/mol.